The molecule has 1 N–H and O–H groups in total. The van der Waals surface area contributed by atoms with Gasteiger partial charge in [-0.25, -0.2) is 0 Å². The van der Waals surface area contributed by atoms with Crippen LogP contribution in [0.25, 0.3) is 5.65 Å². The largest absolute Gasteiger partial charge is 0.364 e. The van der Waals surface area contributed by atoms with Gasteiger partial charge in [-0.2, -0.15) is 9.61 Å². The average molecular weight is 361 g/mol. The molecule has 138 valence electrons. The first-order valence-corrected chi connectivity index (χ1v) is 9.01. The molecular weight excluding hydrogens is 338 g/mol. The van der Waals surface area contributed by atoms with Crippen LogP contribution in [0.2, 0.25) is 0 Å². The van der Waals surface area contributed by atoms with Crippen LogP contribution in [0.4, 0.5) is 5.82 Å². The third-order valence-electron chi connectivity index (χ3n) is 4.28. The van der Waals surface area contributed by atoms with Gasteiger partial charge in [-0.15, -0.1) is 15.3 Å². The zero-order valence-corrected chi connectivity index (χ0v) is 15.8. The molecule has 0 saturated carbocycles. The zero-order chi connectivity index (χ0) is 18.9. The molecule has 3 heterocycles. The van der Waals surface area contributed by atoms with E-state index in [0.29, 0.717) is 6.54 Å². The second-order valence-electron chi connectivity index (χ2n) is 7.65. The Bertz CT molecular complexity index is 1040. The molecule has 7 nitrogen and oxygen atoms in total. The predicted molar refractivity (Wildman–Crippen MR) is 105 cm³/mol. The van der Waals surface area contributed by atoms with Gasteiger partial charge in [0.15, 0.2) is 11.5 Å². The van der Waals surface area contributed by atoms with Crippen LogP contribution in [-0.4, -0.2) is 29.6 Å². The fraction of sp³-hybridized carbons (Fsp3) is 0.300. The highest BCUT2D eigenvalue weighted by Crippen LogP contribution is 2.20. The van der Waals surface area contributed by atoms with Crippen molar-refractivity contribution in [3.63, 3.8) is 0 Å². The van der Waals surface area contributed by atoms with Gasteiger partial charge in [0.25, 0.3) is 0 Å². The van der Waals surface area contributed by atoms with Crippen molar-refractivity contribution in [3.05, 3.63) is 71.8 Å². The van der Waals surface area contributed by atoms with E-state index in [2.05, 4.69) is 64.8 Å². The Morgan fingerprint density at radius 3 is 2.56 bits per heavy atom. The number of rotatable bonds is 5. The van der Waals surface area contributed by atoms with E-state index in [0.717, 1.165) is 29.4 Å². The van der Waals surface area contributed by atoms with Crippen LogP contribution in [0, 0.1) is 0 Å². The summed E-state index contributed by atoms with van der Waals surface area (Å²) < 4.78 is 3.75. The highest BCUT2D eigenvalue weighted by atomic mass is 15.4. The first-order chi connectivity index (χ1) is 13.0. The first kappa shape index (κ1) is 17.2. The first-order valence-electron chi connectivity index (χ1n) is 9.01. The quantitative estimate of drug-likeness (QED) is 0.590. The number of nitrogens with one attached hydrogen (secondary N) is 1. The lowest BCUT2D eigenvalue weighted by Crippen LogP contribution is -2.17. The molecule has 0 aliphatic rings. The third kappa shape index (κ3) is 3.81. The maximum absolute atomic E-state index is 4.64. The molecule has 0 spiro atoms. The van der Waals surface area contributed by atoms with Gasteiger partial charge in [-0.05, 0) is 17.7 Å². The Balaban J connectivity index is 1.46. The summed E-state index contributed by atoms with van der Waals surface area (Å²) in [5.41, 5.74) is 2.97. The molecule has 1 aromatic carbocycles. The van der Waals surface area contributed by atoms with Crippen molar-refractivity contribution in [2.24, 2.45) is 0 Å². The molecule has 7 heteroatoms. The Labute approximate surface area is 158 Å². The van der Waals surface area contributed by atoms with Crippen molar-refractivity contribution in [1.29, 1.82) is 0 Å². The number of fused-ring (bicyclic) bond motifs is 1. The van der Waals surface area contributed by atoms with Crippen molar-refractivity contribution in [1.82, 2.24) is 29.6 Å². The summed E-state index contributed by atoms with van der Waals surface area (Å²) in [6.45, 7) is 7.73. The van der Waals surface area contributed by atoms with Crippen LogP contribution in [0.5, 0.6) is 0 Å². The molecule has 0 amide bonds. The summed E-state index contributed by atoms with van der Waals surface area (Å²) in [5.74, 6) is 1.63. The molecule has 3 aromatic heterocycles. The Morgan fingerprint density at radius 1 is 0.963 bits per heavy atom. The van der Waals surface area contributed by atoms with Gasteiger partial charge in [0.05, 0.1) is 12.7 Å². The minimum absolute atomic E-state index is 0.121. The van der Waals surface area contributed by atoms with Crippen LogP contribution in [-0.2, 0) is 18.5 Å². The molecule has 0 saturated heterocycles. The highest BCUT2D eigenvalue weighted by Gasteiger charge is 2.21. The van der Waals surface area contributed by atoms with Crippen molar-refractivity contribution in [2.45, 2.75) is 39.3 Å². The van der Waals surface area contributed by atoms with Gasteiger partial charge in [0, 0.05) is 23.7 Å². The van der Waals surface area contributed by atoms with E-state index in [1.54, 1.807) is 4.52 Å². The van der Waals surface area contributed by atoms with Gasteiger partial charge < -0.3 is 5.32 Å². The Hall–Kier alpha value is -3.22. The summed E-state index contributed by atoms with van der Waals surface area (Å²) in [4.78, 5) is 0. The zero-order valence-electron chi connectivity index (χ0n) is 15.8. The van der Waals surface area contributed by atoms with E-state index in [-0.39, 0.29) is 5.41 Å². The van der Waals surface area contributed by atoms with E-state index in [4.69, 9.17) is 0 Å². The molecular formula is C20H23N7. The Kier molecular flexibility index (Phi) is 4.35. The van der Waals surface area contributed by atoms with Crippen LogP contribution in [0.15, 0.2) is 54.9 Å². The van der Waals surface area contributed by atoms with Crippen LogP contribution in [0.3, 0.4) is 0 Å². The van der Waals surface area contributed by atoms with Crippen molar-refractivity contribution >= 4 is 11.5 Å². The second-order valence-corrected chi connectivity index (χ2v) is 7.65. The highest BCUT2D eigenvalue weighted by molar-refractivity contribution is 5.44. The lowest BCUT2D eigenvalue weighted by molar-refractivity contribution is 0.527. The molecule has 0 unspecified atom stereocenters. The molecule has 27 heavy (non-hydrogen) atoms. The van der Waals surface area contributed by atoms with Crippen molar-refractivity contribution in [2.75, 3.05) is 5.32 Å². The fourth-order valence-electron chi connectivity index (χ4n) is 2.90. The summed E-state index contributed by atoms with van der Waals surface area (Å²) in [6, 6.07) is 14.2. The molecule has 0 atom stereocenters. The summed E-state index contributed by atoms with van der Waals surface area (Å²) >= 11 is 0. The number of nitrogens with zero attached hydrogens (tertiary/aromatic N) is 6. The van der Waals surface area contributed by atoms with Gasteiger partial charge in [0.1, 0.15) is 5.82 Å². The molecule has 0 fully saturated rings. The van der Waals surface area contributed by atoms with E-state index < -0.39 is 0 Å². The summed E-state index contributed by atoms with van der Waals surface area (Å²) in [7, 11) is 0. The molecule has 0 bridgehead atoms. The van der Waals surface area contributed by atoms with Crippen molar-refractivity contribution in [3.8, 4) is 0 Å². The minimum Gasteiger partial charge on any atom is -0.364 e. The number of hydrogen-bond donors (Lipinski definition) is 1. The van der Waals surface area contributed by atoms with E-state index in [9.17, 15) is 0 Å². The van der Waals surface area contributed by atoms with Crippen LogP contribution < -0.4 is 5.32 Å². The topological polar surface area (TPSA) is 72.9 Å². The third-order valence-corrected chi connectivity index (χ3v) is 4.28. The van der Waals surface area contributed by atoms with Crippen LogP contribution >= 0.6 is 0 Å². The molecule has 4 rings (SSSR count). The fourth-order valence-corrected chi connectivity index (χ4v) is 2.90. The van der Waals surface area contributed by atoms with Gasteiger partial charge >= 0.3 is 0 Å². The molecule has 0 aliphatic heterocycles. The molecule has 0 aliphatic carbocycles. The monoisotopic (exact) mass is 361 g/mol. The maximum atomic E-state index is 4.64. The average Bonchev–Trinajstić information content (AvgIpc) is 3.26. The predicted octanol–water partition coefficient (Wildman–Crippen LogP) is 3.28. The normalized spacial score (nSPS) is 11.8. The lowest BCUT2D eigenvalue weighted by Gasteiger charge is -2.15. The summed E-state index contributed by atoms with van der Waals surface area (Å²) in [5, 5.41) is 20.9. The van der Waals surface area contributed by atoms with E-state index >= 15 is 0 Å². The SMILES string of the molecule is CC(C)(C)c1nnc2ccc(NCc3cnn(Cc4ccccc4)c3)nn12. The maximum Gasteiger partial charge on any atom is 0.178 e. The van der Waals surface area contributed by atoms with E-state index in [1.807, 2.05) is 41.2 Å². The standard InChI is InChI=1S/C20H23N7/c1-20(2,3)19-24-23-18-10-9-17(25-27(18)19)21-11-16-12-22-26(14-16)13-15-7-5-4-6-8-15/h4-10,12,14H,11,13H2,1-3H3,(H,21,25). The van der Waals surface area contributed by atoms with Crippen LogP contribution in [0.1, 0.15) is 37.7 Å². The smallest absolute Gasteiger partial charge is 0.178 e. The number of anilines is 1. The summed E-state index contributed by atoms with van der Waals surface area (Å²) in [6.07, 6.45) is 3.94. The lowest BCUT2D eigenvalue weighted by atomic mass is 9.96. The second kappa shape index (κ2) is 6.83. The van der Waals surface area contributed by atoms with Crippen molar-refractivity contribution < 1.29 is 0 Å². The number of aromatic nitrogens is 6. The Morgan fingerprint density at radius 2 is 1.78 bits per heavy atom. The minimum atomic E-state index is -0.121. The molecule has 0 radical (unpaired) electrons. The number of hydrogen-bond acceptors (Lipinski definition) is 5. The number of benzene rings is 1. The molecule has 4 aromatic rings. The van der Waals surface area contributed by atoms with Gasteiger partial charge in [0.2, 0.25) is 0 Å². The van der Waals surface area contributed by atoms with E-state index in [1.165, 1.54) is 5.56 Å². The van der Waals surface area contributed by atoms with Gasteiger partial charge in [-0.1, -0.05) is 51.1 Å². The van der Waals surface area contributed by atoms with Gasteiger partial charge in [-0.3, -0.25) is 4.68 Å².